The van der Waals surface area contributed by atoms with Gasteiger partial charge in [-0.25, -0.2) is 67.2 Å². The molecule has 15 heterocycles. The van der Waals surface area contributed by atoms with E-state index in [0.717, 1.165) is 106 Å². The summed E-state index contributed by atoms with van der Waals surface area (Å²) in [6.07, 6.45) is 12.3. The number of nitrogens with zero attached hydrogens (tertiary/aromatic N) is 12. The number of ether oxygens (including phenoxy) is 3. The van der Waals surface area contributed by atoms with Gasteiger partial charge in [0.1, 0.15) is 40.7 Å². The van der Waals surface area contributed by atoms with Crippen LogP contribution in [0.5, 0.6) is 5.88 Å². The Bertz CT molecular complexity index is 6400. The number of pyridine rings is 9. The largest absolute Gasteiger partial charge is 0.477 e. The van der Waals surface area contributed by atoms with Crippen LogP contribution in [-0.2, 0) is 49.6 Å². The minimum Gasteiger partial charge on any atom is -0.477 e. The lowest BCUT2D eigenvalue weighted by Gasteiger charge is -2.34. The van der Waals surface area contributed by atoms with Crippen molar-refractivity contribution in [1.29, 1.82) is 0 Å². The zero-order chi connectivity index (χ0) is 98.5. The maximum absolute atomic E-state index is 13.4. The lowest BCUT2D eigenvalue weighted by Crippen LogP contribution is -2.41. The fourth-order valence-corrected chi connectivity index (χ4v) is 22.0. The highest BCUT2D eigenvalue weighted by atomic mass is 32.2. The van der Waals surface area contributed by atoms with Gasteiger partial charge in [-0.2, -0.15) is 25.3 Å². The van der Waals surface area contributed by atoms with E-state index in [0.29, 0.717) is 91.4 Å². The van der Waals surface area contributed by atoms with Crippen LogP contribution in [0.1, 0.15) is 259 Å². The zero-order valence-corrected chi connectivity index (χ0v) is 82.9. The number of nitrogens with two attached hydrogens (primary N) is 3. The van der Waals surface area contributed by atoms with Gasteiger partial charge in [-0.15, -0.1) is 0 Å². The van der Waals surface area contributed by atoms with Gasteiger partial charge in [0.15, 0.2) is 20.0 Å². The van der Waals surface area contributed by atoms with Crippen molar-refractivity contribution in [2.75, 3.05) is 82.8 Å². The number of nitrogens with one attached hydrogen (secondary N) is 5. The maximum Gasteiger partial charge on any atom is 0.281 e. The second-order valence-corrected chi connectivity index (χ2v) is 46.3. The van der Waals surface area contributed by atoms with Crippen molar-refractivity contribution in [3.05, 3.63) is 189 Å². The van der Waals surface area contributed by atoms with Crippen LogP contribution >= 0.6 is 0 Å². The van der Waals surface area contributed by atoms with Crippen molar-refractivity contribution in [2.45, 2.75) is 242 Å². The van der Waals surface area contributed by atoms with E-state index < -0.39 is 74.2 Å². The molecule has 0 radical (unpaired) electrons. The predicted octanol–water partition coefficient (Wildman–Crippen LogP) is 13.0. The van der Waals surface area contributed by atoms with Crippen LogP contribution in [0.3, 0.4) is 0 Å². The average Bonchev–Trinajstić information content (AvgIpc) is 1.61. The van der Waals surface area contributed by atoms with Gasteiger partial charge in [-0.3, -0.25) is 24.0 Å². The van der Waals surface area contributed by atoms with Crippen LogP contribution in [0.4, 0.5) is 40.7 Å². The number of H-pyrrole nitrogens is 1. The first-order valence-electron chi connectivity index (χ1n) is 45.3. The van der Waals surface area contributed by atoms with Gasteiger partial charge in [0.25, 0.3) is 69.3 Å². The number of rotatable bonds is 22. The van der Waals surface area contributed by atoms with E-state index in [1.54, 1.807) is 60.8 Å². The number of anilines is 7. The summed E-state index contributed by atoms with van der Waals surface area (Å²) in [5.41, 5.74) is 19.5. The van der Waals surface area contributed by atoms with E-state index in [2.05, 4.69) is 163 Å². The number of carbonyl (C=O) groups is 4. The van der Waals surface area contributed by atoms with Crippen LogP contribution in [0.25, 0.3) is 11.3 Å². The van der Waals surface area contributed by atoms with Crippen LogP contribution in [-0.4, -0.2) is 170 Å². The summed E-state index contributed by atoms with van der Waals surface area (Å²) >= 11 is 0. The van der Waals surface area contributed by atoms with Gasteiger partial charge < -0.3 is 56.0 Å². The van der Waals surface area contributed by atoms with Crippen LogP contribution < -0.4 is 66.0 Å². The molecule has 726 valence electrons. The molecule has 6 saturated heterocycles. The summed E-state index contributed by atoms with van der Waals surface area (Å²) in [5.74, 6) is 1.12. The summed E-state index contributed by atoms with van der Waals surface area (Å²) in [5, 5.41) is -0.955. The number of aromatic nitrogens is 9. The van der Waals surface area contributed by atoms with Crippen molar-refractivity contribution < 1.29 is 67.1 Å². The Kier molecular flexibility index (Phi) is 31.0. The highest BCUT2D eigenvalue weighted by Gasteiger charge is 2.45. The lowest BCUT2D eigenvalue weighted by molar-refractivity contribution is 0.0122. The molecule has 15 rings (SSSR count). The number of carbonyl (C=O) groups excluding carboxylic acids is 4. The van der Waals surface area contributed by atoms with Crippen molar-refractivity contribution in [3.8, 4) is 17.1 Å². The van der Waals surface area contributed by atoms with E-state index in [9.17, 15) is 57.6 Å². The van der Waals surface area contributed by atoms with E-state index >= 15 is 0 Å². The number of hydrogen-bond acceptors (Lipinski definition) is 31. The molecular formula is C95H126N20O16S4. The second kappa shape index (κ2) is 41.0. The van der Waals surface area contributed by atoms with Gasteiger partial charge >= 0.3 is 0 Å². The van der Waals surface area contributed by atoms with E-state index in [-0.39, 0.29) is 100 Å². The molecule has 9 aromatic heterocycles. The third kappa shape index (κ3) is 25.1. The van der Waals surface area contributed by atoms with Crippen molar-refractivity contribution in [3.63, 3.8) is 0 Å². The van der Waals surface area contributed by atoms with Crippen LogP contribution in [0, 0.1) is 29.1 Å². The lowest BCUT2D eigenvalue weighted by atomic mass is 9.97. The first-order chi connectivity index (χ1) is 63.2. The minimum atomic E-state index is -4.36. The van der Waals surface area contributed by atoms with E-state index in [1.807, 2.05) is 24.6 Å². The predicted molar refractivity (Wildman–Crippen MR) is 517 cm³/mol. The molecule has 6 aliphatic rings. The summed E-state index contributed by atoms with van der Waals surface area (Å²) in [7, 11) is -17.0. The second-order valence-electron chi connectivity index (χ2n) is 39.7. The normalized spacial score (nSPS) is 20.3. The van der Waals surface area contributed by atoms with Gasteiger partial charge in [-0.05, 0) is 258 Å². The average molecular weight is 1930 g/mol. The third-order valence-corrected chi connectivity index (χ3v) is 29.2. The number of sulfonamides is 4. The van der Waals surface area contributed by atoms with Crippen LogP contribution in [0.15, 0.2) is 165 Å². The molecule has 0 aromatic carbocycles. The van der Waals surface area contributed by atoms with Gasteiger partial charge in [-0.1, -0.05) is 80.5 Å². The standard InChI is InChI=1S/C28H36N6O4S.C23H31N5O4S.C23H30N4O5S.C21H29N5O3S/c1-18-14-28(5,6)34(16-18)25-20(26(35)33-39(36,37)24-9-7-8-22(29)32-24)11-12-21(31-25)19-10-13-23(30-15-19)38-17-27(2,3)4;1-15-13-23(2,3)28(14-15)21-16(10-11-17(25-21)18-7-4-5-12-32-18)22(29)27-33(30,31)20-9-6-8-19(24)26-20;1-15-13-23(2,3)27(14-15)20-16(9-10-17(25-20)18-7-4-5-12-32-18)21(28)26-33(30,31)19-8-6-11-24-22(19)29;1-13(2)16-10-9-15(19(23-16)26-12-14(3)11-21(26,4)5)20(27)25-30(28,29)18-8-6-7-17(22)24-18/h7-13,15,18H,14,16-17H2,1-6H3,(H2,29,32)(H,33,35);6,8-11,15,18H,4-5,7,12-14H2,1-3H3,(H2,24,26)(H,27,29);6,8-11,15,18H,4-5,7,12-14H2,1-3H3,(H,24,29)(H,26,28);6-10,13-14H,11-12H2,1-5H3,(H2,22,24)(H,25,27)/t18-;2*15-,18?;14-/m0000/s1. The first-order valence-corrected chi connectivity index (χ1v) is 51.2. The Labute approximate surface area is 791 Å². The molecule has 0 saturated carbocycles. The molecule has 11 N–H and O–H groups in total. The van der Waals surface area contributed by atoms with Crippen molar-refractivity contribution >= 4 is 104 Å². The van der Waals surface area contributed by atoms with Crippen LogP contribution in [0.2, 0.25) is 0 Å². The fourth-order valence-electron chi connectivity index (χ4n) is 18.2. The smallest absolute Gasteiger partial charge is 0.281 e. The number of amides is 4. The van der Waals surface area contributed by atoms with Crippen molar-refractivity contribution in [1.82, 2.24) is 63.7 Å². The Balaban J connectivity index is 0.000000163. The van der Waals surface area contributed by atoms with Crippen molar-refractivity contribution in [2.24, 2.45) is 29.1 Å². The number of nitrogen functional groups attached to an aromatic ring is 3. The number of hydrogen-bond donors (Lipinski definition) is 8. The molecule has 36 nitrogen and oxygen atoms in total. The monoisotopic (exact) mass is 1930 g/mol. The Hall–Kier alpha value is -11.9. The molecule has 0 spiro atoms. The molecule has 6 fully saturated rings. The summed E-state index contributed by atoms with van der Waals surface area (Å²) in [6, 6.07) is 32.3. The Morgan fingerprint density at radius 3 is 1.15 bits per heavy atom. The minimum absolute atomic E-state index is 0.00351. The highest BCUT2D eigenvalue weighted by Crippen LogP contribution is 2.44. The molecule has 0 aliphatic carbocycles. The molecule has 135 heavy (non-hydrogen) atoms. The molecule has 0 bridgehead atoms. The molecule has 6 aliphatic heterocycles. The Morgan fingerprint density at radius 2 is 0.822 bits per heavy atom. The van der Waals surface area contributed by atoms with E-state index in [4.69, 9.17) is 51.3 Å². The first kappa shape index (κ1) is 102. The number of aromatic amines is 1. The molecule has 40 heteroatoms. The topological polar surface area (TPSA) is 508 Å². The SMILES string of the molecule is CC(C)c1ccc(C(=O)NS(=O)(=O)c2cccc(N)n2)c(N2C[C@@H](C)CC2(C)C)n1.C[C@@H]1CN(c2nc(-c3ccc(OCC(C)(C)C)nc3)ccc2C(=O)NS(=O)(=O)c2cccc(N)n2)C(C)(C)C1.C[C@@H]1CN(c2nc(C3CCCCO3)ccc2C(=O)NS(=O)(=O)c2ccc[nH]c2=O)C(C)(C)C1.C[C@@H]1CN(c2nc(C3CCCCO3)ccc2C(=O)NS(=O)(=O)c2cccc(N)n2)C(C)(C)C1. The maximum atomic E-state index is 13.4. The molecular weight excluding hydrogens is 1810 g/mol. The summed E-state index contributed by atoms with van der Waals surface area (Å²) in [4.78, 5) is 110. The summed E-state index contributed by atoms with van der Waals surface area (Å²) in [6.45, 7) is 40.4. The van der Waals surface area contributed by atoms with E-state index in [1.165, 1.54) is 66.9 Å². The van der Waals surface area contributed by atoms with Gasteiger partial charge in [0, 0.05) is 91.3 Å². The molecule has 2 unspecified atom stereocenters. The quantitative estimate of drug-likeness (QED) is 0.0312. The zero-order valence-electron chi connectivity index (χ0n) is 79.6. The Morgan fingerprint density at radius 1 is 0.459 bits per heavy atom. The van der Waals surface area contributed by atoms with Gasteiger partial charge in [0.2, 0.25) is 5.88 Å². The summed E-state index contributed by atoms with van der Waals surface area (Å²) < 4.78 is 128. The third-order valence-electron chi connectivity index (χ3n) is 24.2. The fraction of sp³-hybridized carbons (Fsp3) is 0.484. The molecule has 9 aromatic rings. The highest BCUT2D eigenvalue weighted by molar-refractivity contribution is 7.91. The molecule has 6 atom stereocenters. The molecule has 4 amide bonds. The van der Waals surface area contributed by atoms with Gasteiger partial charge in [0.05, 0.1) is 58.2 Å².